The average Bonchev–Trinajstić information content (AvgIpc) is 2.44. The van der Waals surface area contributed by atoms with E-state index in [1.165, 1.54) is 0 Å². The summed E-state index contributed by atoms with van der Waals surface area (Å²) in [5.74, 6) is 0. The van der Waals surface area contributed by atoms with Crippen molar-refractivity contribution in [2.45, 2.75) is 19.4 Å². The first-order valence-electron chi connectivity index (χ1n) is 4.20. The van der Waals surface area contributed by atoms with Crippen LogP contribution in [0.25, 0.3) is 5.52 Å². The van der Waals surface area contributed by atoms with Crippen LogP contribution in [0.3, 0.4) is 0 Å². The number of fused-ring (bicyclic) bond motifs is 1. The minimum Gasteiger partial charge on any atom is -0.384 e. The van der Waals surface area contributed by atoms with Gasteiger partial charge in [-0.05, 0) is 29.8 Å². The standard InChI is InChI=1S/C9H10BrN3O/c1-9(2,14)7-6-5-11-3-4-13(6)8(10)12-7/h3-5,14H,1-2H3. The third kappa shape index (κ3) is 1.42. The van der Waals surface area contributed by atoms with Gasteiger partial charge in [0.15, 0.2) is 4.73 Å². The van der Waals surface area contributed by atoms with Crippen LogP contribution in [0.1, 0.15) is 19.5 Å². The molecule has 4 nitrogen and oxygen atoms in total. The Hall–Kier alpha value is -0.940. The van der Waals surface area contributed by atoms with Gasteiger partial charge in [-0.25, -0.2) is 4.98 Å². The van der Waals surface area contributed by atoms with Gasteiger partial charge in [0.1, 0.15) is 11.3 Å². The summed E-state index contributed by atoms with van der Waals surface area (Å²) < 4.78 is 2.51. The minimum atomic E-state index is -0.958. The van der Waals surface area contributed by atoms with Gasteiger partial charge in [-0.1, -0.05) is 0 Å². The van der Waals surface area contributed by atoms with Crippen molar-refractivity contribution in [1.29, 1.82) is 0 Å². The fourth-order valence-corrected chi connectivity index (χ4v) is 1.84. The molecule has 1 N–H and O–H groups in total. The fourth-order valence-electron chi connectivity index (χ4n) is 1.35. The molecule has 0 fully saturated rings. The predicted octanol–water partition coefficient (Wildman–Crippen LogP) is 1.72. The molecule has 0 saturated heterocycles. The van der Waals surface area contributed by atoms with Gasteiger partial charge in [0.25, 0.3) is 0 Å². The summed E-state index contributed by atoms with van der Waals surface area (Å²) in [7, 11) is 0. The Labute approximate surface area is 89.7 Å². The highest BCUT2D eigenvalue weighted by molar-refractivity contribution is 9.10. The lowest BCUT2D eigenvalue weighted by Gasteiger charge is -2.13. The Balaban J connectivity index is 2.80. The number of aromatic nitrogens is 3. The van der Waals surface area contributed by atoms with Crippen LogP contribution in [0.5, 0.6) is 0 Å². The Kier molecular flexibility index (Phi) is 2.08. The number of aliphatic hydroxyl groups is 1. The number of rotatable bonds is 1. The summed E-state index contributed by atoms with van der Waals surface area (Å²) in [4.78, 5) is 8.26. The molecule has 0 radical (unpaired) electrons. The van der Waals surface area contributed by atoms with Crippen LogP contribution in [-0.4, -0.2) is 19.5 Å². The van der Waals surface area contributed by atoms with E-state index in [1.54, 1.807) is 32.4 Å². The van der Waals surface area contributed by atoms with E-state index in [4.69, 9.17) is 0 Å². The molecular weight excluding hydrogens is 246 g/mol. The van der Waals surface area contributed by atoms with E-state index in [-0.39, 0.29) is 0 Å². The molecule has 2 aromatic rings. The van der Waals surface area contributed by atoms with Gasteiger partial charge >= 0.3 is 0 Å². The van der Waals surface area contributed by atoms with Gasteiger partial charge in [-0.3, -0.25) is 9.38 Å². The van der Waals surface area contributed by atoms with Crippen LogP contribution >= 0.6 is 15.9 Å². The molecule has 0 spiro atoms. The quantitative estimate of drug-likeness (QED) is 0.845. The number of nitrogens with zero attached hydrogens (tertiary/aromatic N) is 3. The second kappa shape index (κ2) is 3.03. The highest BCUT2D eigenvalue weighted by Crippen LogP contribution is 2.25. The molecule has 0 aliphatic rings. The molecule has 0 unspecified atom stereocenters. The third-order valence-corrected chi connectivity index (χ3v) is 2.54. The van der Waals surface area contributed by atoms with E-state index in [0.717, 1.165) is 5.52 Å². The third-order valence-electron chi connectivity index (χ3n) is 1.98. The van der Waals surface area contributed by atoms with Crippen molar-refractivity contribution >= 4 is 21.4 Å². The number of hydrogen-bond donors (Lipinski definition) is 1. The minimum absolute atomic E-state index is 0.623. The molecule has 2 heterocycles. The van der Waals surface area contributed by atoms with Crippen LogP contribution in [0, 0.1) is 0 Å². The van der Waals surface area contributed by atoms with Gasteiger partial charge in [0, 0.05) is 12.4 Å². The Morgan fingerprint density at radius 2 is 2.21 bits per heavy atom. The van der Waals surface area contributed by atoms with Gasteiger partial charge in [-0.15, -0.1) is 0 Å². The molecule has 0 aliphatic heterocycles. The lowest BCUT2D eigenvalue weighted by atomic mass is 10.1. The van der Waals surface area contributed by atoms with E-state index in [1.807, 2.05) is 4.40 Å². The van der Waals surface area contributed by atoms with Gasteiger partial charge in [-0.2, -0.15) is 0 Å². The van der Waals surface area contributed by atoms with E-state index in [9.17, 15) is 5.11 Å². The van der Waals surface area contributed by atoms with E-state index < -0.39 is 5.60 Å². The number of hydrogen-bond acceptors (Lipinski definition) is 3. The normalized spacial score (nSPS) is 12.3. The molecule has 0 amide bonds. The van der Waals surface area contributed by atoms with Gasteiger partial charge < -0.3 is 5.11 Å². The van der Waals surface area contributed by atoms with Crippen LogP contribution in [0.2, 0.25) is 0 Å². The molecule has 0 bridgehead atoms. The second-order valence-corrected chi connectivity index (χ2v) is 4.33. The van der Waals surface area contributed by atoms with Crippen molar-refractivity contribution in [2.24, 2.45) is 0 Å². The average molecular weight is 256 g/mol. The van der Waals surface area contributed by atoms with Crippen LogP contribution in [0.15, 0.2) is 23.3 Å². The van der Waals surface area contributed by atoms with Crippen LogP contribution in [-0.2, 0) is 5.60 Å². The van der Waals surface area contributed by atoms with E-state index in [0.29, 0.717) is 10.4 Å². The Bertz CT molecular complexity index is 472. The fraction of sp³-hybridized carbons (Fsp3) is 0.333. The van der Waals surface area contributed by atoms with Gasteiger partial charge in [0.2, 0.25) is 0 Å². The second-order valence-electron chi connectivity index (χ2n) is 3.62. The molecular formula is C9H10BrN3O. The molecule has 2 aromatic heterocycles. The van der Waals surface area contributed by atoms with Crippen LogP contribution in [0.4, 0.5) is 0 Å². The van der Waals surface area contributed by atoms with Crippen molar-refractivity contribution < 1.29 is 5.11 Å². The smallest absolute Gasteiger partial charge is 0.182 e. The monoisotopic (exact) mass is 255 g/mol. The summed E-state index contributed by atoms with van der Waals surface area (Å²) in [5, 5.41) is 9.88. The van der Waals surface area contributed by atoms with E-state index in [2.05, 4.69) is 25.9 Å². The zero-order chi connectivity index (χ0) is 10.3. The maximum Gasteiger partial charge on any atom is 0.182 e. The number of halogens is 1. The highest BCUT2D eigenvalue weighted by Gasteiger charge is 2.23. The van der Waals surface area contributed by atoms with E-state index >= 15 is 0 Å². The molecule has 0 aliphatic carbocycles. The summed E-state index contributed by atoms with van der Waals surface area (Å²) in [6.45, 7) is 3.41. The molecule has 0 atom stereocenters. The summed E-state index contributed by atoms with van der Waals surface area (Å²) in [5.41, 5.74) is 0.477. The molecule has 0 aromatic carbocycles. The Morgan fingerprint density at radius 3 is 2.86 bits per heavy atom. The number of imidazole rings is 1. The van der Waals surface area contributed by atoms with Crippen molar-refractivity contribution in [1.82, 2.24) is 14.4 Å². The van der Waals surface area contributed by atoms with Crippen molar-refractivity contribution in [3.63, 3.8) is 0 Å². The summed E-state index contributed by atoms with van der Waals surface area (Å²) in [6.07, 6.45) is 5.15. The molecule has 5 heteroatoms. The molecule has 14 heavy (non-hydrogen) atoms. The highest BCUT2D eigenvalue weighted by atomic mass is 79.9. The lowest BCUT2D eigenvalue weighted by Crippen LogP contribution is -2.16. The first-order chi connectivity index (χ1) is 6.50. The SMILES string of the molecule is CC(C)(O)c1nc(Br)n2ccncc12. The summed E-state index contributed by atoms with van der Waals surface area (Å²) >= 11 is 3.32. The molecule has 0 saturated carbocycles. The van der Waals surface area contributed by atoms with Crippen molar-refractivity contribution in [3.05, 3.63) is 29.0 Å². The largest absolute Gasteiger partial charge is 0.384 e. The first-order valence-corrected chi connectivity index (χ1v) is 5.00. The lowest BCUT2D eigenvalue weighted by molar-refractivity contribution is 0.0758. The molecule has 2 rings (SSSR count). The van der Waals surface area contributed by atoms with Gasteiger partial charge in [0.05, 0.1) is 11.7 Å². The maximum atomic E-state index is 9.88. The van der Waals surface area contributed by atoms with Crippen molar-refractivity contribution in [2.75, 3.05) is 0 Å². The zero-order valence-corrected chi connectivity index (χ0v) is 9.48. The Morgan fingerprint density at radius 1 is 1.50 bits per heavy atom. The maximum absolute atomic E-state index is 9.88. The topological polar surface area (TPSA) is 50.4 Å². The molecule has 74 valence electrons. The zero-order valence-electron chi connectivity index (χ0n) is 7.90. The first kappa shape index (κ1) is 9.61. The van der Waals surface area contributed by atoms with Crippen molar-refractivity contribution in [3.8, 4) is 0 Å². The summed E-state index contributed by atoms with van der Waals surface area (Å²) in [6, 6.07) is 0. The predicted molar refractivity (Wildman–Crippen MR) is 55.9 cm³/mol. The van der Waals surface area contributed by atoms with Crippen LogP contribution < -0.4 is 0 Å².